The van der Waals surface area contributed by atoms with E-state index in [1.165, 1.54) is 6.92 Å². The predicted octanol–water partition coefficient (Wildman–Crippen LogP) is 0.221. The Balaban J connectivity index is 2.05. The van der Waals surface area contributed by atoms with Gasteiger partial charge in [0.2, 0.25) is 11.8 Å². The molecule has 1 heterocycles. The van der Waals surface area contributed by atoms with Crippen LogP contribution < -0.4 is 16.2 Å². The van der Waals surface area contributed by atoms with E-state index >= 15 is 0 Å². The highest BCUT2D eigenvalue weighted by Crippen LogP contribution is 2.12. The number of Topliss-reactive ketones (excluding diaryl/α,β-unsaturated/α-hetero) is 1. The van der Waals surface area contributed by atoms with Gasteiger partial charge in [0.25, 0.3) is 0 Å². The Kier molecular flexibility index (Phi) is 3.38. The van der Waals surface area contributed by atoms with Crippen molar-refractivity contribution in [3.05, 3.63) is 29.8 Å². The molecule has 1 aliphatic heterocycles. The Bertz CT molecular complexity index is 513. The number of amides is 2. The molecule has 0 aliphatic carbocycles. The first-order valence-electron chi connectivity index (χ1n) is 5.52. The molecule has 1 aliphatic rings. The van der Waals surface area contributed by atoms with E-state index in [0.29, 0.717) is 11.3 Å². The number of hydrogen-bond acceptors (Lipinski definition) is 4. The molecule has 1 unspecified atom stereocenters. The van der Waals surface area contributed by atoms with Crippen molar-refractivity contribution in [2.75, 3.05) is 5.32 Å². The minimum atomic E-state index is -0.585. The number of carbonyl (C=O) groups excluding carboxylic acids is 3. The minimum absolute atomic E-state index is 0.0677. The Morgan fingerprint density at radius 1 is 1.39 bits per heavy atom. The molecule has 94 valence electrons. The fourth-order valence-electron chi connectivity index (χ4n) is 1.66. The van der Waals surface area contributed by atoms with E-state index < -0.39 is 6.04 Å². The number of nitrogens with one attached hydrogen (secondary N) is 3. The van der Waals surface area contributed by atoms with E-state index in [1.54, 1.807) is 24.3 Å². The molecule has 1 fully saturated rings. The standard InChI is InChI=1S/C12H13N3O3/c1-7(16)8-3-2-4-9(5-8)13-12(18)10-6-11(17)15-14-10/h2-5,10,14H,6H2,1H3,(H,13,18)(H,15,17). The average Bonchev–Trinajstić information content (AvgIpc) is 2.76. The highest BCUT2D eigenvalue weighted by atomic mass is 16.2. The van der Waals surface area contributed by atoms with Gasteiger partial charge in [-0.25, -0.2) is 5.43 Å². The van der Waals surface area contributed by atoms with Gasteiger partial charge >= 0.3 is 0 Å². The van der Waals surface area contributed by atoms with Crippen LogP contribution in [0.25, 0.3) is 0 Å². The van der Waals surface area contributed by atoms with Crippen molar-refractivity contribution in [1.29, 1.82) is 0 Å². The van der Waals surface area contributed by atoms with Crippen LogP contribution in [0.5, 0.6) is 0 Å². The van der Waals surface area contributed by atoms with Gasteiger partial charge in [0.05, 0.1) is 6.42 Å². The van der Waals surface area contributed by atoms with Gasteiger partial charge in [0.15, 0.2) is 5.78 Å². The first-order valence-corrected chi connectivity index (χ1v) is 5.52. The maximum Gasteiger partial charge on any atom is 0.243 e. The van der Waals surface area contributed by atoms with Crippen molar-refractivity contribution in [1.82, 2.24) is 10.9 Å². The monoisotopic (exact) mass is 247 g/mol. The summed E-state index contributed by atoms with van der Waals surface area (Å²) in [5.74, 6) is -0.594. The van der Waals surface area contributed by atoms with Crippen LogP contribution >= 0.6 is 0 Å². The second-order valence-electron chi connectivity index (χ2n) is 4.08. The van der Waals surface area contributed by atoms with Crippen molar-refractivity contribution in [3.8, 4) is 0 Å². The summed E-state index contributed by atoms with van der Waals surface area (Å²) in [7, 11) is 0. The summed E-state index contributed by atoms with van der Waals surface area (Å²) < 4.78 is 0. The third-order valence-electron chi connectivity index (χ3n) is 2.63. The molecular formula is C12H13N3O3. The SMILES string of the molecule is CC(=O)c1cccc(NC(=O)C2CC(=O)NN2)c1. The quantitative estimate of drug-likeness (QED) is 0.667. The fourth-order valence-corrected chi connectivity index (χ4v) is 1.66. The largest absolute Gasteiger partial charge is 0.325 e. The van der Waals surface area contributed by atoms with Gasteiger partial charge in [-0.1, -0.05) is 12.1 Å². The van der Waals surface area contributed by atoms with Gasteiger partial charge < -0.3 is 5.32 Å². The molecule has 6 heteroatoms. The van der Waals surface area contributed by atoms with Gasteiger partial charge in [-0.15, -0.1) is 0 Å². The molecule has 1 saturated heterocycles. The zero-order valence-corrected chi connectivity index (χ0v) is 9.82. The number of benzene rings is 1. The second kappa shape index (κ2) is 4.97. The summed E-state index contributed by atoms with van der Waals surface area (Å²) in [6.45, 7) is 1.46. The summed E-state index contributed by atoms with van der Waals surface area (Å²) in [6.07, 6.45) is 0.109. The van der Waals surface area contributed by atoms with E-state index in [2.05, 4.69) is 16.2 Å². The summed E-state index contributed by atoms with van der Waals surface area (Å²) in [5, 5.41) is 2.65. The number of hydrogen-bond donors (Lipinski definition) is 3. The third-order valence-corrected chi connectivity index (χ3v) is 2.63. The maximum absolute atomic E-state index is 11.8. The highest BCUT2D eigenvalue weighted by molar-refractivity contribution is 6.00. The van der Waals surface area contributed by atoms with Gasteiger partial charge in [0.1, 0.15) is 6.04 Å². The van der Waals surface area contributed by atoms with Crippen LogP contribution in [0.3, 0.4) is 0 Å². The summed E-state index contributed by atoms with van der Waals surface area (Å²) in [5.41, 5.74) is 6.01. The minimum Gasteiger partial charge on any atom is -0.325 e. The number of anilines is 1. The summed E-state index contributed by atoms with van der Waals surface area (Å²) in [4.78, 5) is 33.9. The van der Waals surface area contributed by atoms with E-state index in [4.69, 9.17) is 0 Å². The zero-order chi connectivity index (χ0) is 13.1. The van der Waals surface area contributed by atoms with Crippen LogP contribution in [0.2, 0.25) is 0 Å². The number of carbonyl (C=O) groups is 3. The predicted molar refractivity (Wildman–Crippen MR) is 64.8 cm³/mol. The Morgan fingerprint density at radius 2 is 2.17 bits per heavy atom. The first-order chi connectivity index (χ1) is 8.56. The lowest BCUT2D eigenvalue weighted by Crippen LogP contribution is -2.39. The van der Waals surface area contributed by atoms with Crippen LogP contribution in [0, 0.1) is 0 Å². The highest BCUT2D eigenvalue weighted by Gasteiger charge is 2.27. The summed E-state index contributed by atoms with van der Waals surface area (Å²) >= 11 is 0. The number of ketones is 1. The van der Waals surface area contributed by atoms with E-state index in [0.717, 1.165) is 0 Å². The molecule has 2 rings (SSSR count). The summed E-state index contributed by atoms with van der Waals surface area (Å²) in [6, 6.07) is 6.08. The number of rotatable bonds is 3. The molecule has 1 aromatic carbocycles. The third kappa shape index (κ3) is 2.72. The van der Waals surface area contributed by atoms with Crippen molar-refractivity contribution in [2.24, 2.45) is 0 Å². The van der Waals surface area contributed by atoms with Crippen molar-refractivity contribution >= 4 is 23.3 Å². The first kappa shape index (κ1) is 12.3. The van der Waals surface area contributed by atoms with Crippen molar-refractivity contribution < 1.29 is 14.4 Å². The van der Waals surface area contributed by atoms with Gasteiger partial charge in [-0.05, 0) is 19.1 Å². The molecule has 0 saturated carbocycles. The normalized spacial score (nSPS) is 18.3. The van der Waals surface area contributed by atoms with Crippen molar-refractivity contribution in [3.63, 3.8) is 0 Å². The average molecular weight is 247 g/mol. The maximum atomic E-state index is 11.8. The molecule has 2 amide bonds. The molecule has 0 spiro atoms. The molecule has 1 atom stereocenters. The van der Waals surface area contributed by atoms with Gasteiger partial charge in [-0.2, -0.15) is 0 Å². The fraction of sp³-hybridized carbons (Fsp3) is 0.250. The van der Waals surface area contributed by atoms with Gasteiger partial charge in [0, 0.05) is 11.3 Å². The molecule has 0 aromatic heterocycles. The molecule has 1 aromatic rings. The molecule has 18 heavy (non-hydrogen) atoms. The van der Waals surface area contributed by atoms with E-state index in [-0.39, 0.29) is 24.0 Å². The molecule has 0 bridgehead atoms. The van der Waals surface area contributed by atoms with E-state index in [1.807, 2.05) is 0 Å². The van der Waals surface area contributed by atoms with Crippen LogP contribution in [0.4, 0.5) is 5.69 Å². The smallest absolute Gasteiger partial charge is 0.243 e. The van der Waals surface area contributed by atoms with E-state index in [9.17, 15) is 14.4 Å². The Labute approximate surface area is 104 Å². The Hall–Kier alpha value is -2.21. The lowest BCUT2D eigenvalue weighted by molar-refractivity contribution is -0.121. The lowest BCUT2D eigenvalue weighted by atomic mass is 10.1. The lowest BCUT2D eigenvalue weighted by Gasteiger charge is -2.10. The van der Waals surface area contributed by atoms with Crippen molar-refractivity contribution in [2.45, 2.75) is 19.4 Å². The molecule has 3 N–H and O–H groups in total. The molecule has 0 radical (unpaired) electrons. The van der Waals surface area contributed by atoms with Gasteiger partial charge in [-0.3, -0.25) is 19.8 Å². The molecule has 6 nitrogen and oxygen atoms in total. The second-order valence-corrected chi connectivity index (χ2v) is 4.08. The topological polar surface area (TPSA) is 87.3 Å². The van der Waals surface area contributed by atoms with Crippen LogP contribution in [-0.4, -0.2) is 23.6 Å². The van der Waals surface area contributed by atoms with Crippen LogP contribution in [0.1, 0.15) is 23.7 Å². The Morgan fingerprint density at radius 3 is 2.78 bits per heavy atom. The zero-order valence-electron chi connectivity index (χ0n) is 9.82. The van der Waals surface area contributed by atoms with Crippen LogP contribution in [0.15, 0.2) is 24.3 Å². The molecular weight excluding hydrogens is 234 g/mol. The van der Waals surface area contributed by atoms with Crippen LogP contribution in [-0.2, 0) is 9.59 Å². The number of hydrazine groups is 1.